The summed E-state index contributed by atoms with van der Waals surface area (Å²) in [6, 6.07) is 13.9. The summed E-state index contributed by atoms with van der Waals surface area (Å²) < 4.78 is 29.3. The van der Waals surface area contributed by atoms with E-state index in [4.69, 9.17) is 4.74 Å². The Morgan fingerprint density at radius 1 is 1.10 bits per heavy atom. The third kappa shape index (κ3) is 5.58. The Morgan fingerprint density at radius 3 is 2.35 bits per heavy atom. The molecule has 0 aliphatic heterocycles. The van der Waals surface area contributed by atoms with Gasteiger partial charge in [-0.1, -0.05) is 29.8 Å². The second kappa shape index (κ2) is 9.72. The number of thiazole rings is 1. The Morgan fingerprint density at radius 2 is 1.74 bits per heavy atom. The molecule has 1 amide bonds. The molecule has 0 bridgehead atoms. The summed E-state index contributed by atoms with van der Waals surface area (Å²) in [6.07, 6.45) is 0. The predicted molar refractivity (Wildman–Crippen MR) is 123 cm³/mol. The van der Waals surface area contributed by atoms with Crippen LogP contribution in [0.2, 0.25) is 0 Å². The number of methoxy groups -OCH3 is 1. The number of hydrogen-bond acceptors (Lipinski definition) is 6. The average molecular weight is 459 g/mol. The molecule has 31 heavy (non-hydrogen) atoms. The quantitative estimate of drug-likeness (QED) is 0.543. The molecule has 0 aliphatic rings. The summed E-state index contributed by atoms with van der Waals surface area (Å²) in [5, 5.41) is 3.90. The van der Waals surface area contributed by atoms with Crippen LogP contribution in [0.3, 0.4) is 0 Å². The topological polar surface area (TPSA) is 85.4 Å². The van der Waals surface area contributed by atoms with Gasteiger partial charge in [0.15, 0.2) is 9.84 Å². The lowest BCUT2D eigenvalue weighted by atomic mass is 10.1. The van der Waals surface area contributed by atoms with E-state index in [1.807, 2.05) is 32.9 Å². The number of carbonyl (C=O) groups excluding carboxylic acids is 1. The molecule has 0 radical (unpaired) electrons. The van der Waals surface area contributed by atoms with Crippen LogP contribution in [0.1, 0.15) is 39.5 Å². The van der Waals surface area contributed by atoms with Crippen molar-refractivity contribution in [3.05, 3.63) is 70.2 Å². The number of amides is 1. The van der Waals surface area contributed by atoms with Gasteiger partial charge < -0.3 is 10.1 Å². The van der Waals surface area contributed by atoms with E-state index in [1.54, 1.807) is 11.3 Å². The standard InChI is InChI=1S/C23H26N2O4S2/c1-15-5-7-19(8-6-15)23-25-17(3)21(30-23)16(2)24-22(26)18-9-11-20(12-10-18)31(27,28)14-13-29-4/h5-12,16H,13-14H2,1-4H3,(H,24,26). The molecule has 0 saturated heterocycles. The van der Waals surface area contributed by atoms with Crippen molar-refractivity contribution in [3.8, 4) is 10.6 Å². The summed E-state index contributed by atoms with van der Waals surface area (Å²) in [4.78, 5) is 18.5. The number of carbonyl (C=O) groups is 1. The third-order valence-corrected chi connectivity index (χ3v) is 7.99. The molecule has 0 fully saturated rings. The number of sulfone groups is 1. The van der Waals surface area contributed by atoms with E-state index in [2.05, 4.69) is 22.4 Å². The van der Waals surface area contributed by atoms with Gasteiger partial charge in [-0.05, 0) is 45.0 Å². The van der Waals surface area contributed by atoms with Crippen LogP contribution >= 0.6 is 11.3 Å². The van der Waals surface area contributed by atoms with E-state index in [9.17, 15) is 13.2 Å². The first-order valence-corrected chi connectivity index (χ1v) is 12.3. The van der Waals surface area contributed by atoms with Crippen molar-refractivity contribution >= 4 is 27.1 Å². The maximum absolute atomic E-state index is 12.7. The molecule has 8 heteroatoms. The lowest BCUT2D eigenvalue weighted by Crippen LogP contribution is -2.26. The molecule has 1 atom stereocenters. The molecule has 0 aliphatic carbocycles. The van der Waals surface area contributed by atoms with Crippen molar-refractivity contribution in [1.29, 1.82) is 0 Å². The number of rotatable bonds is 8. The fraction of sp³-hybridized carbons (Fsp3) is 0.304. The predicted octanol–water partition coefficient (Wildman–Crippen LogP) is 4.34. The molecule has 1 aromatic heterocycles. The zero-order chi connectivity index (χ0) is 22.6. The van der Waals surface area contributed by atoms with E-state index in [1.165, 1.54) is 36.9 Å². The van der Waals surface area contributed by atoms with Crippen molar-refractivity contribution in [2.75, 3.05) is 19.5 Å². The first-order chi connectivity index (χ1) is 14.7. The van der Waals surface area contributed by atoms with Crippen LogP contribution in [0, 0.1) is 13.8 Å². The highest BCUT2D eigenvalue weighted by atomic mass is 32.2. The Kier molecular flexibility index (Phi) is 7.25. The van der Waals surface area contributed by atoms with Gasteiger partial charge in [-0.15, -0.1) is 11.3 Å². The van der Waals surface area contributed by atoms with Crippen LogP contribution < -0.4 is 5.32 Å². The molecular weight excluding hydrogens is 432 g/mol. The van der Waals surface area contributed by atoms with Gasteiger partial charge in [0.2, 0.25) is 0 Å². The summed E-state index contributed by atoms with van der Waals surface area (Å²) in [5.41, 5.74) is 3.52. The SMILES string of the molecule is COCCS(=O)(=O)c1ccc(C(=O)NC(C)c2sc(-c3ccc(C)cc3)nc2C)cc1. The Hall–Kier alpha value is -2.55. The normalized spacial score (nSPS) is 12.5. The van der Waals surface area contributed by atoms with Crippen molar-refractivity contribution in [1.82, 2.24) is 10.3 Å². The highest BCUT2D eigenvalue weighted by molar-refractivity contribution is 7.91. The van der Waals surface area contributed by atoms with E-state index >= 15 is 0 Å². The van der Waals surface area contributed by atoms with Gasteiger partial charge in [0.1, 0.15) is 5.01 Å². The number of aryl methyl sites for hydroxylation is 2. The van der Waals surface area contributed by atoms with E-state index < -0.39 is 9.84 Å². The zero-order valence-electron chi connectivity index (χ0n) is 18.0. The molecule has 1 N–H and O–H groups in total. The van der Waals surface area contributed by atoms with Crippen LogP contribution in [0.4, 0.5) is 0 Å². The van der Waals surface area contributed by atoms with Crippen molar-refractivity contribution in [2.45, 2.75) is 31.7 Å². The maximum atomic E-state index is 12.7. The van der Waals surface area contributed by atoms with Gasteiger partial charge in [0.05, 0.1) is 33.9 Å². The highest BCUT2D eigenvalue weighted by Gasteiger charge is 2.19. The van der Waals surface area contributed by atoms with E-state index in [0.717, 1.165) is 21.1 Å². The molecule has 1 unspecified atom stereocenters. The number of benzene rings is 2. The number of ether oxygens (including phenoxy) is 1. The minimum absolute atomic E-state index is 0.0972. The van der Waals surface area contributed by atoms with Crippen molar-refractivity contribution in [2.24, 2.45) is 0 Å². The minimum Gasteiger partial charge on any atom is -0.384 e. The largest absolute Gasteiger partial charge is 0.384 e. The Balaban J connectivity index is 1.71. The summed E-state index contributed by atoms with van der Waals surface area (Å²) >= 11 is 1.56. The second-order valence-corrected chi connectivity index (χ2v) is 10.5. The van der Waals surface area contributed by atoms with Gasteiger partial charge in [0.25, 0.3) is 5.91 Å². The van der Waals surface area contributed by atoms with Gasteiger partial charge in [-0.2, -0.15) is 0 Å². The number of aromatic nitrogens is 1. The molecule has 3 aromatic rings. The Labute approximate surface area is 187 Å². The minimum atomic E-state index is -3.43. The number of nitrogens with one attached hydrogen (secondary N) is 1. The summed E-state index contributed by atoms with van der Waals surface area (Å²) in [7, 11) is -1.97. The maximum Gasteiger partial charge on any atom is 0.251 e. The highest BCUT2D eigenvalue weighted by Crippen LogP contribution is 2.32. The average Bonchev–Trinajstić information content (AvgIpc) is 3.14. The number of hydrogen-bond donors (Lipinski definition) is 1. The van der Waals surface area contributed by atoms with Gasteiger partial charge in [-0.25, -0.2) is 13.4 Å². The Bertz CT molecular complexity index is 1150. The fourth-order valence-electron chi connectivity index (χ4n) is 3.10. The van der Waals surface area contributed by atoms with Gasteiger partial charge in [0, 0.05) is 18.2 Å². The van der Waals surface area contributed by atoms with Gasteiger partial charge >= 0.3 is 0 Å². The van der Waals surface area contributed by atoms with Crippen LogP contribution in [0.5, 0.6) is 0 Å². The molecule has 0 saturated carbocycles. The van der Waals surface area contributed by atoms with Crippen LogP contribution in [0.25, 0.3) is 10.6 Å². The molecule has 2 aromatic carbocycles. The van der Waals surface area contributed by atoms with Crippen LogP contribution in [-0.2, 0) is 14.6 Å². The first kappa shape index (κ1) is 23.1. The molecule has 3 rings (SSSR count). The van der Waals surface area contributed by atoms with Crippen LogP contribution in [-0.4, -0.2) is 38.8 Å². The monoisotopic (exact) mass is 458 g/mol. The van der Waals surface area contributed by atoms with E-state index in [-0.39, 0.29) is 29.2 Å². The smallest absolute Gasteiger partial charge is 0.251 e. The zero-order valence-corrected chi connectivity index (χ0v) is 19.6. The van der Waals surface area contributed by atoms with Crippen molar-refractivity contribution in [3.63, 3.8) is 0 Å². The fourth-order valence-corrected chi connectivity index (χ4v) is 5.35. The molecule has 164 valence electrons. The lowest BCUT2D eigenvalue weighted by Gasteiger charge is -2.13. The second-order valence-electron chi connectivity index (χ2n) is 7.37. The third-order valence-electron chi connectivity index (χ3n) is 4.90. The summed E-state index contributed by atoms with van der Waals surface area (Å²) in [6.45, 7) is 6.02. The molecule has 0 spiro atoms. The van der Waals surface area contributed by atoms with Gasteiger partial charge in [-0.3, -0.25) is 4.79 Å². The molecule has 6 nitrogen and oxygen atoms in total. The van der Waals surface area contributed by atoms with E-state index in [0.29, 0.717) is 5.56 Å². The first-order valence-electron chi connectivity index (χ1n) is 9.88. The lowest BCUT2D eigenvalue weighted by molar-refractivity contribution is 0.0940. The molecule has 1 heterocycles. The van der Waals surface area contributed by atoms with Crippen LogP contribution in [0.15, 0.2) is 53.4 Å². The number of nitrogens with zero attached hydrogens (tertiary/aromatic N) is 1. The molecular formula is C23H26N2O4S2. The van der Waals surface area contributed by atoms with Crippen molar-refractivity contribution < 1.29 is 17.9 Å². The summed E-state index contributed by atoms with van der Waals surface area (Å²) in [5.74, 6) is -0.363.